The molecule has 14 heteroatoms. The topological polar surface area (TPSA) is 210 Å². The molecule has 0 bridgehead atoms. The highest BCUT2D eigenvalue weighted by atomic mass is 31.2. The van der Waals surface area contributed by atoms with Crippen LogP contribution in [0.3, 0.4) is 0 Å². The average Bonchev–Trinajstić information content (AvgIpc) is 3.18. The number of aliphatic hydroxyl groups is 5. The molecule has 13 nitrogen and oxygen atoms in total. The van der Waals surface area contributed by atoms with Crippen LogP contribution in [0.2, 0.25) is 0 Å². The lowest BCUT2D eigenvalue weighted by Crippen LogP contribution is -2.64. The Kier molecular flexibility index (Phi) is 30.3. The molecule has 6 N–H and O–H groups in total. The zero-order valence-electron chi connectivity index (χ0n) is 33.9. The smallest absolute Gasteiger partial charge is 0.462 e. The number of hydrogen-bond donors (Lipinski definition) is 6. The number of rotatable bonds is 33. The number of allylic oxidation sites excluding steroid dienone is 8. The molecule has 1 rings (SSSR count). The predicted molar refractivity (Wildman–Crippen MR) is 216 cm³/mol. The molecular weight excluding hydrogens is 743 g/mol. The van der Waals surface area contributed by atoms with Crippen molar-refractivity contribution in [1.82, 2.24) is 0 Å². The second kappa shape index (κ2) is 32.7. The van der Waals surface area contributed by atoms with Gasteiger partial charge in [0.25, 0.3) is 0 Å². The minimum Gasteiger partial charge on any atom is -0.462 e. The van der Waals surface area contributed by atoms with Crippen LogP contribution in [0.1, 0.15) is 149 Å². The fourth-order valence-electron chi connectivity index (χ4n) is 5.98. The predicted octanol–water partition coefficient (Wildman–Crippen LogP) is 7.22. The van der Waals surface area contributed by atoms with Gasteiger partial charge in [-0.15, -0.1) is 0 Å². The zero-order chi connectivity index (χ0) is 41.4. The molecule has 0 aromatic rings. The van der Waals surface area contributed by atoms with Crippen molar-refractivity contribution >= 4 is 19.8 Å². The van der Waals surface area contributed by atoms with E-state index in [2.05, 4.69) is 50.3 Å². The highest BCUT2D eigenvalue weighted by molar-refractivity contribution is 7.47. The lowest BCUT2D eigenvalue weighted by atomic mass is 9.85. The number of aliphatic hydroxyl groups excluding tert-OH is 5. The van der Waals surface area contributed by atoms with Crippen LogP contribution < -0.4 is 0 Å². The normalized spacial score (nSPS) is 23.4. The van der Waals surface area contributed by atoms with Crippen LogP contribution >= 0.6 is 7.82 Å². The molecule has 324 valence electrons. The Morgan fingerprint density at radius 3 is 1.52 bits per heavy atom. The highest BCUT2D eigenvalue weighted by Crippen LogP contribution is 2.47. The average molecular weight is 817 g/mol. The molecule has 0 aliphatic heterocycles. The second-order valence-electron chi connectivity index (χ2n) is 14.5. The van der Waals surface area contributed by atoms with Crippen LogP contribution in [0.25, 0.3) is 0 Å². The van der Waals surface area contributed by atoms with Gasteiger partial charge in [-0.3, -0.25) is 18.6 Å². The molecule has 1 saturated carbocycles. The molecular formula is C42H73O13P. The van der Waals surface area contributed by atoms with Gasteiger partial charge in [0, 0.05) is 12.8 Å². The standard InChI is InChI=1S/C42H73O13P/c1-3-5-7-9-11-13-15-16-17-18-19-20-21-23-25-27-29-31-36(44)54-34(32-52-35(43)30-28-26-24-22-14-12-10-8-6-4-2)33-53-56(50,51)55-42-40(48)38(46)37(45)39(47)41(42)49/h11,13,16-17,19-20,23,25,34,37-42,45-49H,3-10,12,14-15,18,21-22,24,26-33H2,1-2H3,(H,50,51)/b13-11-,17-16-,20-19-,25-23-/t34-,37?,38-,39?,40?,41?,42?/m1/s1. The van der Waals surface area contributed by atoms with E-state index in [1.54, 1.807) is 0 Å². The van der Waals surface area contributed by atoms with Gasteiger partial charge in [0.15, 0.2) is 6.10 Å². The maximum absolute atomic E-state index is 12.8. The molecule has 0 radical (unpaired) electrons. The number of hydrogen-bond acceptors (Lipinski definition) is 12. The summed E-state index contributed by atoms with van der Waals surface area (Å²) in [5, 5.41) is 50.0. The third-order valence-electron chi connectivity index (χ3n) is 9.42. The summed E-state index contributed by atoms with van der Waals surface area (Å²) in [5.74, 6) is -1.17. The zero-order valence-corrected chi connectivity index (χ0v) is 34.8. The molecule has 56 heavy (non-hydrogen) atoms. The summed E-state index contributed by atoms with van der Waals surface area (Å²) in [6, 6.07) is 0. The van der Waals surface area contributed by atoms with Gasteiger partial charge in [0.05, 0.1) is 6.61 Å². The lowest BCUT2D eigenvalue weighted by Gasteiger charge is -2.41. The van der Waals surface area contributed by atoms with E-state index in [1.165, 1.54) is 57.8 Å². The maximum Gasteiger partial charge on any atom is 0.472 e. The third kappa shape index (κ3) is 25.2. The van der Waals surface area contributed by atoms with Crippen molar-refractivity contribution in [3.05, 3.63) is 48.6 Å². The van der Waals surface area contributed by atoms with E-state index >= 15 is 0 Å². The quantitative estimate of drug-likeness (QED) is 0.0168. The minimum atomic E-state index is -5.13. The Morgan fingerprint density at radius 2 is 0.982 bits per heavy atom. The fourth-order valence-corrected chi connectivity index (χ4v) is 6.96. The number of ether oxygens (including phenoxy) is 2. The van der Waals surface area contributed by atoms with Gasteiger partial charge in [-0.2, -0.15) is 0 Å². The largest absolute Gasteiger partial charge is 0.472 e. The molecule has 0 aromatic heterocycles. The van der Waals surface area contributed by atoms with Crippen molar-refractivity contribution in [2.24, 2.45) is 0 Å². The fraction of sp³-hybridized carbons (Fsp3) is 0.762. The number of carbonyl (C=O) groups is 2. The summed E-state index contributed by atoms with van der Waals surface area (Å²) in [5.41, 5.74) is 0. The number of phosphoric acid groups is 1. The first-order valence-electron chi connectivity index (χ1n) is 20.9. The van der Waals surface area contributed by atoms with Crippen molar-refractivity contribution in [3.63, 3.8) is 0 Å². The van der Waals surface area contributed by atoms with Gasteiger partial charge >= 0.3 is 19.8 Å². The van der Waals surface area contributed by atoms with E-state index < -0.39 is 75.7 Å². The van der Waals surface area contributed by atoms with Crippen LogP contribution in [0, 0.1) is 0 Å². The summed E-state index contributed by atoms with van der Waals surface area (Å²) < 4.78 is 33.3. The highest BCUT2D eigenvalue weighted by Gasteiger charge is 2.51. The van der Waals surface area contributed by atoms with Crippen LogP contribution in [0.4, 0.5) is 0 Å². The Hall–Kier alpha value is -2.19. The Morgan fingerprint density at radius 1 is 0.554 bits per heavy atom. The molecule has 0 aromatic carbocycles. The number of carbonyl (C=O) groups excluding carboxylic acids is 2. The second-order valence-corrected chi connectivity index (χ2v) is 15.9. The number of phosphoric ester groups is 1. The molecule has 6 unspecified atom stereocenters. The SMILES string of the molecule is CCCCC/C=C\C/C=C\C/C=C\C/C=C\CCCC(=O)O[C@H](COC(=O)CCCCCCCCCCCC)COP(=O)(O)OC1C(O)C(O)C(O)[C@@H](O)C1O. The summed E-state index contributed by atoms with van der Waals surface area (Å²) in [4.78, 5) is 35.5. The monoisotopic (exact) mass is 816 g/mol. The third-order valence-corrected chi connectivity index (χ3v) is 10.4. The van der Waals surface area contributed by atoms with Gasteiger partial charge in [-0.25, -0.2) is 4.57 Å². The first-order chi connectivity index (χ1) is 26.9. The lowest BCUT2D eigenvalue weighted by molar-refractivity contribution is -0.220. The van der Waals surface area contributed by atoms with E-state index in [0.717, 1.165) is 44.9 Å². The maximum atomic E-state index is 12.8. The van der Waals surface area contributed by atoms with Crippen molar-refractivity contribution < 1.29 is 63.1 Å². The first kappa shape index (κ1) is 51.8. The molecule has 0 heterocycles. The van der Waals surface area contributed by atoms with Gasteiger partial charge < -0.3 is 39.9 Å². The Balaban J connectivity index is 2.56. The molecule has 8 atom stereocenters. The van der Waals surface area contributed by atoms with Crippen LogP contribution in [-0.4, -0.2) is 98.3 Å². The van der Waals surface area contributed by atoms with Crippen molar-refractivity contribution in [2.75, 3.05) is 13.2 Å². The van der Waals surface area contributed by atoms with Gasteiger partial charge in [-0.05, 0) is 51.4 Å². The van der Waals surface area contributed by atoms with Crippen LogP contribution in [-0.2, 0) is 32.7 Å². The van der Waals surface area contributed by atoms with Crippen molar-refractivity contribution in [1.29, 1.82) is 0 Å². The van der Waals surface area contributed by atoms with E-state index in [9.17, 15) is 44.6 Å². The molecule has 0 amide bonds. The minimum absolute atomic E-state index is 0.0208. The van der Waals surface area contributed by atoms with E-state index in [4.69, 9.17) is 18.5 Å². The molecule has 1 aliphatic carbocycles. The summed E-state index contributed by atoms with van der Waals surface area (Å²) in [7, 11) is -5.13. The Bertz CT molecular complexity index is 1170. The van der Waals surface area contributed by atoms with Crippen molar-refractivity contribution in [2.45, 2.75) is 191 Å². The van der Waals surface area contributed by atoms with Crippen molar-refractivity contribution in [3.8, 4) is 0 Å². The number of esters is 2. The summed E-state index contributed by atoms with van der Waals surface area (Å²) >= 11 is 0. The molecule has 1 fully saturated rings. The van der Waals surface area contributed by atoms with Crippen LogP contribution in [0.15, 0.2) is 48.6 Å². The van der Waals surface area contributed by atoms with E-state index in [1.807, 2.05) is 12.2 Å². The van der Waals surface area contributed by atoms with E-state index in [0.29, 0.717) is 19.3 Å². The first-order valence-corrected chi connectivity index (χ1v) is 22.4. The summed E-state index contributed by atoms with van der Waals surface area (Å²) in [6.07, 6.45) is 23.3. The molecule has 0 saturated heterocycles. The number of unbranched alkanes of at least 4 members (excludes halogenated alkanes) is 13. The Labute approximate surface area is 335 Å². The molecule has 1 aliphatic rings. The van der Waals surface area contributed by atoms with E-state index in [-0.39, 0.29) is 12.8 Å². The van der Waals surface area contributed by atoms with Gasteiger partial charge in [0.1, 0.15) is 43.2 Å². The molecule has 0 spiro atoms. The van der Waals surface area contributed by atoms with Crippen LogP contribution in [0.5, 0.6) is 0 Å². The summed E-state index contributed by atoms with van der Waals surface area (Å²) in [6.45, 7) is 3.18. The van der Waals surface area contributed by atoms with Gasteiger partial charge in [0.2, 0.25) is 0 Å². The van der Waals surface area contributed by atoms with Gasteiger partial charge in [-0.1, -0.05) is 133 Å².